The lowest BCUT2D eigenvalue weighted by Gasteiger charge is -2.41. The van der Waals surface area contributed by atoms with Crippen molar-refractivity contribution in [1.82, 2.24) is 4.90 Å². The van der Waals surface area contributed by atoms with Crippen molar-refractivity contribution in [3.05, 3.63) is 0 Å². The van der Waals surface area contributed by atoms with Gasteiger partial charge in [-0.2, -0.15) is 0 Å². The van der Waals surface area contributed by atoms with E-state index in [0.717, 1.165) is 19.3 Å². The Morgan fingerprint density at radius 2 is 1.86 bits per heavy atom. The Morgan fingerprint density at radius 3 is 2.29 bits per heavy atom. The second-order valence-electron chi connectivity index (χ2n) is 4.70. The average Bonchev–Trinajstić information content (AvgIpc) is 2.45. The molecule has 3 heteroatoms. The molecule has 2 fully saturated rings. The molecule has 0 saturated carbocycles. The summed E-state index contributed by atoms with van der Waals surface area (Å²) < 4.78 is 0. The van der Waals surface area contributed by atoms with Gasteiger partial charge in [-0.25, -0.2) is 0 Å². The molecule has 2 heterocycles. The third-order valence-electron chi connectivity index (χ3n) is 3.87. The zero-order chi connectivity index (χ0) is 10.1. The van der Waals surface area contributed by atoms with E-state index in [4.69, 9.17) is 0 Å². The van der Waals surface area contributed by atoms with E-state index >= 15 is 0 Å². The minimum absolute atomic E-state index is 0.0973. The van der Waals surface area contributed by atoms with Gasteiger partial charge < -0.3 is 10.2 Å². The van der Waals surface area contributed by atoms with Gasteiger partial charge in [-0.15, -0.1) is 0 Å². The fourth-order valence-electron chi connectivity index (χ4n) is 3.22. The third kappa shape index (κ3) is 1.69. The van der Waals surface area contributed by atoms with Crippen molar-refractivity contribution in [2.45, 2.75) is 63.3 Å². The maximum Gasteiger partial charge on any atom is 0.0586 e. The highest BCUT2D eigenvalue weighted by atomic mass is 16.3. The number of nitrogens with zero attached hydrogens (tertiary/aromatic N) is 1. The molecule has 0 aromatic rings. The molecule has 2 aliphatic heterocycles. The Labute approximate surface area is 85.7 Å². The fourth-order valence-corrected chi connectivity index (χ4v) is 3.22. The Bertz CT molecular complexity index is 180. The Kier molecular flexibility index (Phi) is 3.10. The summed E-state index contributed by atoms with van der Waals surface area (Å²) in [5.74, 6) is 0. The van der Waals surface area contributed by atoms with Crippen LogP contribution in [0.4, 0.5) is 0 Å². The van der Waals surface area contributed by atoms with Crippen LogP contribution in [0.25, 0.3) is 0 Å². The lowest BCUT2D eigenvalue weighted by molar-refractivity contribution is -0.00620. The second-order valence-corrected chi connectivity index (χ2v) is 4.70. The first kappa shape index (κ1) is 10.4. The predicted octanol–water partition coefficient (Wildman–Crippen LogP) is 0.745. The summed E-state index contributed by atoms with van der Waals surface area (Å²) in [5, 5.41) is 18.9. The van der Waals surface area contributed by atoms with E-state index in [1.54, 1.807) is 0 Å². The van der Waals surface area contributed by atoms with Crippen molar-refractivity contribution >= 4 is 0 Å². The Balaban J connectivity index is 2.06. The number of fused-ring (bicyclic) bond motifs is 2. The average molecular weight is 199 g/mol. The molecular weight excluding hydrogens is 178 g/mol. The molecule has 3 nitrogen and oxygen atoms in total. The molecule has 14 heavy (non-hydrogen) atoms. The Hall–Kier alpha value is -0.120. The quantitative estimate of drug-likeness (QED) is 0.705. The largest absolute Gasteiger partial charge is 0.395 e. The molecule has 0 amide bonds. The standard InChI is InChI=1S/C11H21NO2/c1-2-8(7-13)12-9-3-4-10(12)6-11(14)5-9/h8-11,13-14H,2-7H2,1H3. The van der Waals surface area contributed by atoms with Crippen molar-refractivity contribution < 1.29 is 10.2 Å². The third-order valence-corrected chi connectivity index (χ3v) is 3.87. The van der Waals surface area contributed by atoms with Gasteiger partial charge in [0.25, 0.3) is 0 Å². The van der Waals surface area contributed by atoms with E-state index in [-0.39, 0.29) is 12.7 Å². The molecule has 3 unspecified atom stereocenters. The lowest BCUT2D eigenvalue weighted by Crippen LogP contribution is -2.51. The number of aliphatic hydroxyl groups excluding tert-OH is 2. The van der Waals surface area contributed by atoms with E-state index in [2.05, 4.69) is 11.8 Å². The summed E-state index contributed by atoms with van der Waals surface area (Å²) in [6, 6.07) is 1.38. The predicted molar refractivity (Wildman–Crippen MR) is 55.1 cm³/mol. The van der Waals surface area contributed by atoms with Crippen LogP contribution in [0.3, 0.4) is 0 Å². The number of hydrogen-bond acceptors (Lipinski definition) is 3. The van der Waals surface area contributed by atoms with Gasteiger partial charge in [0.2, 0.25) is 0 Å². The highest BCUT2D eigenvalue weighted by molar-refractivity contribution is 4.97. The summed E-state index contributed by atoms with van der Waals surface area (Å²) in [7, 11) is 0. The molecular formula is C11H21NO2. The molecule has 0 aromatic carbocycles. The molecule has 0 spiro atoms. The van der Waals surface area contributed by atoms with Crippen LogP contribution in [0, 0.1) is 0 Å². The van der Waals surface area contributed by atoms with Crippen LogP contribution in [0.1, 0.15) is 39.0 Å². The summed E-state index contributed by atoms with van der Waals surface area (Å²) in [5.41, 5.74) is 0. The van der Waals surface area contributed by atoms with Crippen molar-refractivity contribution in [2.24, 2.45) is 0 Å². The zero-order valence-electron chi connectivity index (χ0n) is 8.89. The first-order valence-corrected chi connectivity index (χ1v) is 5.82. The summed E-state index contributed by atoms with van der Waals surface area (Å²) >= 11 is 0. The zero-order valence-corrected chi connectivity index (χ0v) is 8.89. The number of hydrogen-bond donors (Lipinski definition) is 2. The van der Waals surface area contributed by atoms with Gasteiger partial charge in [-0.1, -0.05) is 6.92 Å². The van der Waals surface area contributed by atoms with E-state index in [9.17, 15) is 10.2 Å². The number of aliphatic hydroxyl groups is 2. The van der Waals surface area contributed by atoms with E-state index < -0.39 is 0 Å². The molecule has 0 aliphatic carbocycles. The molecule has 2 N–H and O–H groups in total. The van der Waals surface area contributed by atoms with E-state index in [1.807, 2.05) is 0 Å². The van der Waals surface area contributed by atoms with Crippen LogP contribution in [0.15, 0.2) is 0 Å². The molecule has 82 valence electrons. The summed E-state index contributed by atoms with van der Waals surface area (Å²) in [4.78, 5) is 2.46. The van der Waals surface area contributed by atoms with Crippen LogP contribution in [0.5, 0.6) is 0 Å². The van der Waals surface area contributed by atoms with Crippen molar-refractivity contribution in [3.63, 3.8) is 0 Å². The maximum atomic E-state index is 9.65. The van der Waals surface area contributed by atoms with Crippen molar-refractivity contribution in [3.8, 4) is 0 Å². The van der Waals surface area contributed by atoms with Gasteiger partial charge in [0, 0.05) is 18.1 Å². The second kappa shape index (κ2) is 4.17. The Morgan fingerprint density at radius 1 is 1.29 bits per heavy atom. The van der Waals surface area contributed by atoms with Crippen LogP contribution in [-0.2, 0) is 0 Å². The van der Waals surface area contributed by atoms with Crippen molar-refractivity contribution in [1.29, 1.82) is 0 Å². The van der Waals surface area contributed by atoms with Gasteiger partial charge >= 0.3 is 0 Å². The fraction of sp³-hybridized carbons (Fsp3) is 1.00. The van der Waals surface area contributed by atoms with Crippen molar-refractivity contribution in [2.75, 3.05) is 6.61 Å². The smallest absolute Gasteiger partial charge is 0.0586 e. The van der Waals surface area contributed by atoms with E-state index in [0.29, 0.717) is 18.1 Å². The van der Waals surface area contributed by atoms with E-state index in [1.165, 1.54) is 12.8 Å². The number of piperidine rings is 1. The minimum Gasteiger partial charge on any atom is -0.395 e. The van der Waals surface area contributed by atoms with Crippen LogP contribution in [0.2, 0.25) is 0 Å². The molecule has 2 aliphatic rings. The molecule has 3 atom stereocenters. The topological polar surface area (TPSA) is 43.7 Å². The molecule has 2 rings (SSSR count). The van der Waals surface area contributed by atoms with Gasteiger partial charge in [-0.05, 0) is 32.1 Å². The van der Waals surface area contributed by atoms with Crippen LogP contribution < -0.4 is 0 Å². The molecule has 2 saturated heterocycles. The number of rotatable bonds is 3. The first-order chi connectivity index (χ1) is 6.76. The minimum atomic E-state index is -0.0973. The monoisotopic (exact) mass is 199 g/mol. The summed E-state index contributed by atoms with van der Waals surface area (Å²) in [6.07, 6.45) is 5.15. The highest BCUT2D eigenvalue weighted by Crippen LogP contribution is 2.37. The molecule has 0 radical (unpaired) electrons. The normalized spacial score (nSPS) is 40.1. The SMILES string of the molecule is CCC(CO)N1C2CCC1CC(O)C2. The van der Waals surface area contributed by atoms with Gasteiger partial charge in [0.05, 0.1) is 12.7 Å². The van der Waals surface area contributed by atoms with Crippen LogP contribution in [-0.4, -0.2) is 45.9 Å². The van der Waals surface area contributed by atoms with Crippen LogP contribution >= 0.6 is 0 Å². The van der Waals surface area contributed by atoms with Gasteiger partial charge in [0.15, 0.2) is 0 Å². The van der Waals surface area contributed by atoms with Gasteiger partial charge in [0.1, 0.15) is 0 Å². The first-order valence-electron chi connectivity index (χ1n) is 5.82. The molecule has 0 aromatic heterocycles. The summed E-state index contributed by atoms with van der Waals surface area (Å²) in [6.45, 7) is 2.39. The van der Waals surface area contributed by atoms with Gasteiger partial charge in [-0.3, -0.25) is 4.90 Å². The highest BCUT2D eigenvalue weighted by Gasteiger charge is 2.42. The maximum absolute atomic E-state index is 9.65. The lowest BCUT2D eigenvalue weighted by atomic mass is 9.97. The molecule has 2 bridgehead atoms.